The molecule has 1 aromatic carbocycles. The number of benzene rings is 1. The molecule has 2 fully saturated rings. The number of aliphatic hydroxyl groups excluding tert-OH is 1. The first kappa shape index (κ1) is 29.3. The molecule has 1 aliphatic carbocycles. The lowest BCUT2D eigenvalue weighted by atomic mass is 10.0. The molecule has 0 radical (unpaired) electrons. The van der Waals surface area contributed by atoms with Crippen LogP contribution in [-0.4, -0.2) is 80.3 Å². The lowest BCUT2D eigenvalue weighted by Crippen LogP contribution is -2.47. The van der Waals surface area contributed by atoms with Gasteiger partial charge in [-0.3, -0.25) is 4.90 Å². The Kier molecular flexibility index (Phi) is 7.35. The average Bonchev–Trinajstić information content (AvgIpc) is 3.65. The number of piperidine rings is 1. The Morgan fingerprint density at radius 1 is 1.20 bits per heavy atom. The van der Waals surface area contributed by atoms with Crippen molar-refractivity contribution in [2.24, 2.45) is 5.92 Å². The van der Waals surface area contributed by atoms with Crippen LogP contribution in [-0.2, 0) is 9.47 Å². The van der Waals surface area contributed by atoms with Gasteiger partial charge in [0.15, 0.2) is 12.5 Å². The molecule has 15 heteroatoms. The monoisotopic (exact) mass is 608 g/mol. The van der Waals surface area contributed by atoms with E-state index < -0.39 is 30.4 Å². The molecular formula is C29H33FN8O6. The smallest absolute Gasteiger partial charge is 0.416 e. The quantitative estimate of drug-likeness (QED) is 0.269. The summed E-state index contributed by atoms with van der Waals surface area (Å²) in [4.78, 5) is 49.1. The number of ether oxygens (including phenoxy) is 3. The van der Waals surface area contributed by atoms with Gasteiger partial charge in [-0.2, -0.15) is 9.97 Å². The minimum Gasteiger partial charge on any atom is -0.444 e. The number of halogens is 1. The molecule has 2 amide bonds. The number of hydrogen-bond donors (Lipinski definition) is 3. The number of aliphatic hydroxyl groups is 1. The third kappa shape index (κ3) is 5.62. The zero-order valence-corrected chi connectivity index (χ0v) is 24.9. The van der Waals surface area contributed by atoms with E-state index in [9.17, 15) is 9.59 Å². The zero-order valence-electron chi connectivity index (χ0n) is 24.9. The number of anilines is 2. The van der Waals surface area contributed by atoms with Crippen molar-refractivity contribution in [2.75, 3.05) is 30.2 Å². The van der Waals surface area contributed by atoms with Crippen molar-refractivity contribution in [1.29, 1.82) is 0 Å². The number of nitrogens with one attached hydrogen (secondary N) is 2. The Balaban J connectivity index is 1.41. The predicted octanol–water partition coefficient (Wildman–Crippen LogP) is 4.16. The van der Waals surface area contributed by atoms with Crippen LogP contribution in [0.4, 0.5) is 25.5 Å². The molecule has 0 unspecified atom stereocenters. The molecule has 1 saturated carbocycles. The van der Waals surface area contributed by atoms with E-state index in [0.29, 0.717) is 52.3 Å². The van der Waals surface area contributed by atoms with Crippen molar-refractivity contribution in [3.8, 4) is 11.8 Å². The number of aromatic nitrogens is 5. The molecule has 0 spiro atoms. The average molecular weight is 609 g/mol. The van der Waals surface area contributed by atoms with E-state index in [1.807, 2.05) is 20.8 Å². The van der Waals surface area contributed by atoms with Gasteiger partial charge >= 0.3 is 18.2 Å². The summed E-state index contributed by atoms with van der Waals surface area (Å²) in [6.45, 7) is 6.96. The minimum absolute atomic E-state index is 0.0211. The van der Waals surface area contributed by atoms with Crippen LogP contribution in [0.5, 0.6) is 11.8 Å². The summed E-state index contributed by atoms with van der Waals surface area (Å²) in [7, 11) is 1.41. The molecule has 3 N–H and O–H groups in total. The lowest BCUT2D eigenvalue weighted by Gasteiger charge is -2.33. The number of aryl methyl sites for hydroxylation is 1. The highest BCUT2D eigenvalue weighted by Gasteiger charge is 2.47. The van der Waals surface area contributed by atoms with Gasteiger partial charge in [-0.15, -0.1) is 0 Å². The van der Waals surface area contributed by atoms with Crippen LogP contribution in [0.25, 0.3) is 21.9 Å². The molecule has 2 bridgehead atoms. The number of rotatable bonds is 6. The summed E-state index contributed by atoms with van der Waals surface area (Å²) < 4.78 is 31.2. The van der Waals surface area contributed by atoms with Crippen molar-refractivity contribution in [1.82, 2.24) is 30.2 Å². The molecule has 3 atom stereocenters. The van der Waals surface area contributed by atoms with Gasteiger partial charge in [0, 0.05) is 31.1 Å². The first-order valence-corrected chi connectivity index (χ1v) is 14.2. The van der Waals surface area contributed by atoms with Gasteiger partial charge in [-0.05, 0) is 58.6 Å². The van der Waals surface area contributed by atoms with Crippen LogP contribution in [0.15, 0.2) is 24.5 Å². The topological polar surface area (TPSA) is 168 Å². The van der Waals surface area contributed by atoms with E-state index in [0.717, 1.165) is 11.3 Å². The van der Waals surface area contributed by atoms with Gasteiger partial charge in [0.25, 0.3) is 0 Å². The van der Waals surface area contributed by atoms with Gasteiger partial charge in [0.05, 0.1) is 29.0 Å². The molecular weight excluding hydrogens is 575 g/mol. The maximum Gasteiger partial charge on any atom is 0.416 e. The molecule has 14 nitrogen and oxygen atoms in total. The number of nitrogens with zero attached hydrogens (tertiary/aromatic N) is 6. The number of carbonyl (C=O) groups is 2. The Morgan fingerprint density at radius 2 is 1.95 bits per heavy atom. The lowest BCUT2D eigenvalue weighted by molar-refractivity contribution is 0.0481. The second-order valence-electron chi connectivity index (χ2n) is 12.0. The molecule has 1 aliphatic heterocycles. The number of fused-ring (bicyclic) bond motifs is 5. The van der Waals surface area contributed by atoms with Crippen LogP contribution in [0.3, 0.4) is 0 Å². The van der Waals surface area contributed by atoms with Crippen LogP contribution in [0.2, 0.25) is 0 Å². The number of hydrogen-bond acceptors (Lipinski definition) is 11. The summed E-state index contributed by atoms with van der Waals surface area (Å²) in [6.07, 6.45) is 3.18. The normalized spacial score (nSPS) is 19.4. The summed E-state index contributed by atoms with van der Waals surface area (Å²) in [6, 6.07) is 2.52. The molecule has 2 aliphatic rings. The molecule has 4 heterocycles. The molecule has 6 rings (SSSR count). The van der Waals surface area contributed by atoms with E-state index in [4.69, 9.17) is 24.3 Å². The Bertz CT molecular complexity index is 1740. The molecule has 232 valence electrons. The van der Waals surface area contributed by atoms with E-state index in [2.05, 4.69) is 30.2 Å². The van der Waals surface area contributed by atoms with Crippen molar-refractivity contribution in [3.05, 3.63) is 36.2 Å². The fraction of sp³-hybridized carbons (Fsp3) is 0.448. The highest BCUT2D eigenvalue weighted by atomic mass is 19.1. The fourth-order valence-electron chi connectivity index (χ4n) is 5.96. The van der Waals surface area contributed by atoms with Gasteiger partial charge < -0.3 is 34.5 Å². The highest BCUT2D eigenvalue weighted by molar-refractivity contribution is 6.16. The Labute approximate surface area is 251 Å². The Hall–Kier alpha value is -4.79. The molecule has 1 saturated heterocycles. The fourth-order valence-corrected chi connectivity index (χ4v) is 5.96. The van der Waals surface area contributed by atoms with Crippen LogP contribution >= 0.6 is 0 Å². The Morgan fingerprint density at radius 3 is 2.61 bits per heavy atom. The predicted molar refractivity (Wildman–Crippen MR) is 157 cm³/mol. The second kappa shape index (κ2) is 11.0. The number of alkyl carbamates (subject to hydrolysis) is 1. The minimum atomic E-state index is -0.867. The summed E-state index contributed by atoms with van der Waals surface area (Å²) in [5, 5.41) is 13.1. The van der Waals surface area contributed by atoms with E-state index in [1.165, 1.54) is 31.6 Å². The van der Waals surface area contributed by atoms with Crippen LogP contribution < -0.4 is 19.9 Å². The standard InChI is InChI=1S/C29H33FN8O6/c1-14-31-10-18(11-32-14)43-26-35-24-22(19-7-16(30)8-21(23(19)34-24)37(5)28(41)42-13-39)25(36-26)38-12-15-6-17(38)9-20(15)33-27(40)44-29(2,3)4/h7-8,10-11,15,17,20,39H,6,9,12-13H2,1-5H3,(H,33,40)(H,34,35,36)/t15-,17-,20-/m1/s1. The first-order chi connectivity index (χ1) is 20.9. The van der Waals surface area contributed by atoms with Crippen molar-refractivity contribution in [3.63, 3.8) is 0 Å². The summed E-state index contributed by atoms with van der Waals surface area (Å²) in [5.41, 5.74) is 0.348. The largest absolute Gasteiger partial charge is 0.444 e. The second-order valence-corrected chi connectivity index (χ2v) is 12.0. The number of H-pyrrole nitrogens is 1. The van der Waals surface area contributed by atoms with Gasteiger partial charge in [-0.1, -0.05) is 0 Å². The number of aromatic amines is 1. The maximum absolute atomic E-state index is 15.1. The number of amides is 2. The summed E-state index contributed by atoms with van der Waals surface area (Å²) >= 11 is 0. The van der Waals surface area contributed by atoms with Gasteiger partial charge in [-0.25, -0.2) is 23.9 Å². The van der Waals surface area contributed by atoms with E-state index >= 15 is 4.39 Å². The van der Waals surface area contributed by atoms with Crippen molar-refractivity contribution in [2.45, 2.75) is 58.2 Å². The van der Waals surface area contributed by atoms with Crippen LogP contribution in [0.1, 0.15) is 39.4 Å². The highest BCUT2D eigenvalue weighted by Crippen LogP contribution is 2.45. The zero-order chi connectivity index (χ0) is 31.3. The first-order valence-electron chi connectivity index (χ1n) is 14.2. The molecule has 44 heavy (non-hydrogen) atoms. The molecule has 3 aromatic heterocycles. The third-order valence-electron chi connectivity index (χ3n) is 7.77. The SMILES string of the molecule is Cc1ncc(Oc2nc(N3C[C@H]4C[C@@H]3C[C@H]4NC(=O)OC(C)(C)C)c3c(n2)[nH]c2c(N(C)C(=O)OCO)cc(F)cc23)cn1. The molecule has 4 aromatic rings. The number of carbonyl (C=O) groups excluding carboxylic acids is 2. The van der Waals surface area contributed by atoms with E-state index in [-0.39, 0.29) is 29.7 Å². The van der Waals surface area contributed by atoms with Crippen LogP contribution in [0, 0.1) is 18.7 Å². The van der Waals surface area contributed by atoms with Gasteiger partial charge in [0.1, 0.15) is 28.7 Å². The van der Waals surface area contributed by atoms with Gasteiger partial charge in [0.2, 0.25) is 0 Å². The van der Waals surface area contributed by atoms with Crippen molar-refractivity contribution < 1.29 is 33.3 Å². The summed E-state index contributed by atoms with van der Waals surface area (Å²) in [5.74, 6) is 0.962. The van der Waals surface area contributed by atoms with E-state index in [1.54, 1.807) is 6.92 Å². The van der Waals surface area contributed by atoms with Crippen molar-refractivity contribution >= 4 is 45.6 Å². The maximum atomic E-state index is 15.1. The third-order valence-corrected chi connectivity index (χ3v) is 7.77.